The van der Waals surface area contributed by atoms with Crippen LogP contribution in [0.2, 0.25) is 0 Å². The Hall–Kier alpha value is -1.76. The zero-order valence-electron chi connectivity index (χ0n) is 26.6. The summed E-state index contributed by atoms with van der Waals surface area (Å²) in [7, 11) is 0. The molecule has 220 valence electrons. The van der Waals surface area contributed by atoms with E-state index in [1.807, 2.05) is 0 Å². The molecular formula is C39H64. The van der Waals surface area contributed by atoms with Gasteiger partial charge < -0.3 is 0 Å². The van der Waals surface area contributed by atoms with Gasteiger partial charge in [0, 0.05) is 31.6 Å². The number of terminal acetylenes is 1. The lowest BCUT2D eigenvalue weighted by atomic mass is 9.96. The molecule has 39 heavy (non-hydrogen) atoms. The lowest BCUT2D eigenvalue weighted by Gasteiger charge is -2.08. The number of hydrogen-bond acceptors (Lipinski definition) is 0. The molecule has 0 radical (unpaired) electrons. The molecule has 0 aliphatic rings. The SMILES string of the molecule is C#CC(C#CCCCCCCC)CCCCCC(C#CCCCCCCCC)CC#CCCCCCCCC. The van der Waals surface area contributed by atoms with Gasteiger partial charge in [0.2, 0.25) is 0 Å². The van der Waals surface area contributed by atoms with E-state index in [1.54, 1.807) is 0 Å². The van der Waals surface area contributed by atoms with E-state index in [4.69, 9.17) is 6.42 Å². The highest BCUT2D eigenvalue weighted by atomic mass is 14.1. The van der Waals surface area contributed by atoms with Crippen molar-refractivity contribution in [3.05, 3.63) is 0 Å². The van der Waals surface area contributed by atoms with E-state index in [2.05, 4.69) is 62.2 Å². The highest BCUT2D eigenvalue weighted by Crippen LogP contribution is 2.16. The van der Waals surface area contributed by atoms with E-state index in [9.17, 15) is 0 Å². The average Bonchev–Trinajstić information content (AvgIpc) is 2.95. The smallest absolute Gasteiger partial charge is 0.0808 e. The quantitative estimate of drug-likeness (QED) is 0.0856. The Morgan fingerprint density at radius 1 is 0.436 bits per heavy atom. The Kier molecular flexibility index (Phi) is 31.0. The molecule has 0 nitrogen and oxygen atoms in total. The summed E-state index contributed by atoms with van der Waals surface area (Å²) in [6, 6.07) is 0. The van der Waals surface area contributed by atoms with Crippen molar-refractivity contribution in [2.75, 3.05) is 0 Å². The summed E-state index contributed by atoms with van der Waals surface area (Å²) < 4.78 is 0. The maximum Gasteiger partial charge on any atom is 0.0808 e. The van der Waals surface area contributed by atoms with Crippen molar-refractivity contribution in [2.24, 2.45) is 11.8 Å². The largest absolute Gasteiger partial charge is 0.119 e. The van der Waals surface area contributed by atoms with Crippen molar-refractivity contribution < 1.29 is 0 Å². The predicted molar refractivity (Wildman–Crippen MR) is 176 cm³/mol. The highest BCUT2D eigenvalue weighted by Gasteiger charge is 2.05. The molecule has 0 N–H and O–H groups in total. The zero-order valence-corrected chi connectivity index (χ0v) is 26.6. The van der Waals surface area contributed by atoms with Crippen LogP contribution in [0, 0.1) is 59.7 Å². The van der Waals surface area contributed by atoms with Gasteiger partial charge in [0.25, 0.3) is 0 Å². The fourth-order valence-electron chi connectivity index (χ4n) is 4.84. The van der Waals surface area contributed by atoms with E-state index in [0.29, 0.717) is 5.92 Å². The molecular weight excluding hydrogens is 468 g/mol. The maximum atomic E-state index is 5.76. The van der Waals surface area contributed by atoms with Crippen LogP contribution in [0.3, 0.4) is 0 Å². The summed E-state index contributed by atoms with van der Waals surface area (Å²) >= 11 is 0. The van der Waals surface area contributed by atoms with Gasteiger partial charge in [-0.25, -0.2) is 0 Å². The second kappa shape index (κ2) is 32.5. The molecule has 0 aliphatic carbocycles. The topological polar surface area (TPSA) is 0 Å². The molecule has 0 saturated heterocycles. The first-order chi connectivity index (χ1) is 19.3. The van der Waals surface area contributed by atoms with Crippen LogP contribution in [-0.2, 0) is 0 Å². The molecule has 0 aromatic rings. The first kappa shape index (κ1) is 37.2. The molecule has 0 aromatic heterocycles. The van der Waals surface area contributed by atoms with E-state index in [1.165, 1.54) is 135 Å². The number of hydrogen-bond donors (Lipinski definition) is 0. The number of rotatable bonds is 24. The van der Waals surface area contributed by atoms with Crippen LogP contribution in [0.15, 0.2) is 0 Å². The van der Waals surface area contributed by atoms with Gasteiger partial charge in [0.1, 0.15) is 0 Å². The molecule has 2 atom stereocenters. The van der Waals surface area contributed by atoms with Crippen molar-refractivity contribution in [2.45, 2.75) is 188 Å². The van der Waals surface area contributed by atoms with Gasteiger partial charge in [-0.2, -0.15) is 0 Å². The van der Waals surface area contributed by atoms with Crippen LogP contribution in [-0.4, -0.2) is 0 Å². The zero-order chi connectivity index (χ0) is 28.5. The van der Waals surface area contributed by atoms with Crippen molar-refractivity contribution in [3.8, 4) is 47.9 Å². The minimum atomic E-state index is 0.126. The molecule has 0 aromatic carbocycles. The Morgan fingerprint density at radius 3 is 1.41 bits per heavy atom. The lowest BCUT2D eigenvalue weighted by molar-refractivity contribution is 0.534. The van der Waals surface area contributed by atoms with Crippen molar-refractivity contribution in [3.63, 3.8) is 0 Å². The average molecular weight is 533 g/mol. The van der Waals surface area contributed by atoms with E-state index < -0.39 is 0 Å². The summed E-state index contributed by atoms with van der Waals surface area (Å²) in [4.78, 5) is 0. The standard InChI is InChI=1S/C39H64/c1-5-9-12-15-18-20-23-26-30-36-39(35-29-25-22-19-16-13-10-6-2)37-32-27-31-34-38(8-4)33-28-24-21-17-14-11-7-3/h4,38-39H,5-7,9-25,27,31-32,34,36-37H2,1-3H3. The van der Waals surface area contributed by atoms with E-state index >= 15 is 0 Å². The molecule has 0 heteroatoms. The van der Waals surface area contributed by atoms with Crippen molar-refractivity contribution in [1.82, 2.24) is 0 Å². The Bertz CT molecular complexity index is 731. The van der Waals surface area contributed by atoms with Crippen molar-refractivity contribution in [1.29, 1.82) is 0 Å². The summed E-state index contributed by atoms with van der Waals surface area (Å²) in [6.07, 6.45) is 38.2. The van der Waals surface area contributed by atoms with Gasteiger partial charge in [-0.05, 0) is 32.1 Å². The minimum Gasteiger partial charge on any atom is -0.119 e. The second-order valence-electron chi connectivity index (χ2n) is 11.5. The van der Waals surface area contributed by atoms with Crippen LogP contribution in [0.4, 0.5) is 0 Å². The Morgan fingerprint density at radius 2 is 0.872 bits per heavy atom. The van der Waals surface area contributed by atoms with Crippen LogP contribution in [0.1, 0.15) is 188 Å². The fraction of sp³-hybridized carbons (Fsp3) is 0.795. The van der Waals surface area contributed by atoms with Gasteiger partial charge in [-0.1, -0.05) is 148 Å². The van der Waals surface area contributed by atoms with Crippen LogP contribution < -0.4 is 0 Å². The third-order valence-electron chi connectivity index (χ3n) is 7.52. The minimum absolute atomic E-state index is 0.126. The third-order valence-corrected chi connectivity index (χ3v) is 7.52. The van der Waals surface area contributed by atoms with Crippen LogP contribution >= 0.6 is 0 Å². The Balaban J connectivity index is 4.37. The molecule has 0 saturated carbocycles. The normalized spacial score (nSPS) is 11.7. The first-order valence-corrected chi connectivity index (χ1v) is 17.2. The fourth-order valence-corrected chi connectivity index (χ4v) is 4.84. The molecule has 0 fully saturated rings. The third kappa shape index (κ3) is 29.1. The summed E-state index contributed by atoms with van der Waals surface area (Å²) in [5, 5.41) is 0. The molecule has 0 spiro atoms. The van der Waals surface area contributed by atoms with Gasteiger partial charge in [0.05, 0.1) is 5.92 Å². The second-order valence-corrected chi connectivity index (χ2v) is 11.5. The van der Waals surface area contributed by atoms with Crippen LogP contribution in [0.25, 0.3) is 0 Å². The predicted octanol–water partition coefficient (Wildman–Crippen LogP) is 12.1. The molecule has 0 amide bonds. The van der Waals surface area contributed by atoms with E-state index in [0.717, 1.165) is 32.1 Å². The first-order valence-electron chi connectivity index (χ1n) is 17.2. The van der Waals surface area contributed by atoms with Gasteiger partial charge >= 0.3 is 0 Å². The summed E-state index contributed by atoms with van der Waals surface area (Å²) in [5.41, 5.74) is 0. The molecule has 2 unspecified atom stereocenters. The van der Waals surface area contributed by atoms with Gasteiger partial charge in [-0.15, -0.1) is 30.1 Å². The summed E-state index contributed by atoms with van der Waals surface area (Å²) in [6.45, 7) is 6.81. The molecule has 0 aliphatic heterocycles. The number of unbranched alkanes of at least 4 members (excludes halogenated alkanes) is 19. The summed E-state index contributed by atoms with van der Waals surface area (Å²) in [5.74, 6) is 24.2. The van der Waals surface area contributed by atoms with Crippen LogP contribution in [0.5, 0.6) is 0 Å². The van der Waals surface area contributed by atoms with Crippen molar-refractivity contribution >= 4 is 0 Å². The Labute approximate surface area is 247 Å². The molecule has 0 bridgehead atoms. The molecule has 0 rings (SSSR count). The lowest BCUT2D eigenvalue weighted by Crippen LogP contribution is -1.98. The van der Waals surface area contributed by atoms with Gasteiger partial charge in [-0.3, -0.25) is 0 Å². The monoisotopic (exact) mass is 533 g/mol. The maximum absolute atomic E-state index is 5.76. The highest BCUT2D eigenvalue weighted by molar-refractivity contribution is 5.14. The van der Waals surface area contributed by atoms with E-state index in [-0.39, 0.29) is 5.92 Å². The van der Waals surface area contributed by atoms with Gasteiger partial charge in [0.15, 0.2) is 0 Å². The molecule has 0 heterocycles.